The lowest BCUT2D eigenvalue weighted by molar-refractivity contribution is -0.146. The Morgan fingerprint density at radius 3 is 2.11 bits per heavy atom. The predicted molar refractivity (Wildman–Crippen MR) is 71.3 cm³/mol. The van der Waals surface area contributed by atoms with Gasteiger partial charge in [0, 0.05) is 14.1 Å². The van der Waals surface area contributed by atoms with Crippen LogP contribution in [0.15, 0.2) is 12.1 Å². The second-order valence-electron chi connectivity index (χ2n) is 4.59. The van der Waals surface area contributed by atoms with Crippen LogP contribution in [0.2, 0.25) is 0 Å². The molecule has 0 saturated heterocycles. The van der Waals surface area contributed by atoms with Crippen molar-refractivity contribution in [2.24, 2.45) is 5.41 Å². The molecule has 0 saturated carbocycles. The summed E-state index contributed by atoms with van der Waals surface area (Å²) >= 11 is 0. The molecule has 0 radical (unpaired) electrons. The molecule has 0 bridgehead atoms. The van der Waals surface area contributed by atoms with Gasteiger partial charge in [-0.05, 0) is 25.0 Å². The van der Waals surface area contributed by atoms with E-state index in [4.69, 9.17) is 0 Å². The molecule has 0 aliphatic heterocycles. The molecular formula is C13H19N3O3. The van der Waals surface area contributed by atoms with Crippen molar-refractivity contribution in [3.63, 3.8) is 0 Å². The van der Waals surface area contributed by atoms with Gasteiger partial charge in [-0.15, -0.1) is 10.2 Å². The zero-order valence-electron chi connectivity index (χ0n) is 11.7. The van der Waals surface area contributed by atoms with Crippen molar-refractivity contribution in [2.75, 3.05) is 19.0 Å². The number of nitrogens with zero attached hydrogens (tertiary/aromatic N) is 3. The van der Waals surface area contributed by atoms with Gasteiger partial charge in [-0.2, -0.15) is 0 Å². The van der Waals surface area contributed by atoms with Gasteiger partial charge in [0.15, 0.2) is 11.6 Å². The van der Waals surface area contributed by atoms with Gasteiger partial charge in [-0.1, -0.05) is 13.8 Å². The van der Waals surface area contributed by atoms with Gasteiger partial charge >= 0.3 is 5.97 Å². The summed E-state index contributed by atoms with van der Waals surface area (Å²) in [4.78, 5) is 25.5. The summed E-state index contributed by atoms with van der Waals surface area (Å²) in [6, 6.07) is 3.17. The molecule has 1 aromatic heterocycles. The molecule has 1 rings (SSSR count). The first-order valence-electron chi connectivity index (χ1n) is 6.18. The molecule has 0 unspecified atom stereocenters. The Labute approximate surface area is 112 Å². The smallest absolute Gasteiger partial charge is 0.317 e. The second-order valence-corrected chi connectivity index (χ2v) is 4.59. The van der Waals surface area contributed by atoms with Crippen molar-refractivity contribution in [3.05, 3.63) is 17.8 Å². The van der Waals surface area contributed by atoms with E-state index >= 15 is 0 Å². The Balaban J connectivity index is 3.14. The monoisotopic (exact) mass is 265 g/mol. The first kappa shape index (κ1) is 15.1. The van der Waals surface area contributed by atoms with Gasteiger partial charge in [-0.3, -0.25) is 9.59 Å². The van der Waals surface area contributed by atoms with Crippen LogP contribution in [-0.4, -0.2) is 41.2 Å². The minimum atomic E-state index is -1.41. The van der Waals surface area contributed by atoms with Crippen LogP contribution in [0.25, 0.3) is 0 Å². The molecule has 1 N–H and O–H groups in total. The van der Waals surface area contributed by atoms with Crippen LogP contribution in [0.3, 0.4) is 0 Å². The molecule has 6 nitrogen and oxygen atoms in total. The number of carboxylic acid groups (broad SMARTS) is 1. The van der Waals surface area contributed by atoms with Crippen LogP contribution >= 0.6 is 0 Å². The second kappa shape index (κ2) is 5.77. The van der Waals surface area contributed by atoms with Crippen molar-refractivity contribution < 1.29 is 14.7 Å². The van der Waals surface area contributed by atoms with Gasteiger partial charge in [0.1, 0.15) is 11.1 Å². The number of hydrogen-bond donors (Lipinski definition) is 1. The van der Waals surface area contributed by atoms with E-state index in [-0.39, 0.29) is 18.5 Å². The zero-order chi connectivity index (χ0) is 14.6. The number of carbonyl (C=O) groups excluding carboxylic acids is 1. The summed E-state index contributed by atoms with van der Waals surface area (Å²) in [6.45, 7) is 3.38. The normalized spacial score (nSPS) is 11.2. The molecule has 0 amide bonds. The topological polar surface area (TPSA) is 83.4 Å². The third-order valence-corrected chi connectivity index (χ3v) is 3.39. The Kier molecular flexibility index (Phi) is 4.58. The average Bonchev–Trinajstić information content (AvgIpc) is 2.40. The van der Waals surface area contributed by atoms with Crippen LogP contribution < -0.4 is 4.90 Å². The van der Waals surface area contributed by atoms with Gasteiger partial charge in [0.05, 0.1) is 0 Å². The highest BCUT2D eigenvalue weighted by Crippen LogP contribution is 2.30. The molecule has 0 aliphatic rings. The number of aromatic nitrogens is 2. The molecule has 0 atom stereocenters. The number of hydrogen-bond acceptors (Lipinski definition) is 5. The molecular weight excluding hydrogens is 246 g/mol. The SMILES string of the molecule is CCC(CC)(C(=O)O)C(=O)c1ccc(N(C)C)nn1. The Bertz CT molecular complexity index is 465. The molecule has 6 heteroatoms. The number of aliphatic carboxylic acids is 1. The molecule has 0 fully saturated rings. The first-order valence-corrected chi connectivity index (χ1v) is 6.18. The van der Waals surface area contributed by atoms with E-state index in [2.05, 4.69) is 10.2 Å². The minimum absolute atomic E-state index is 0.0942. The quantitative estimate of drug-likeness (QED) is 0.621. The van der Waals surface area contributed by atoms with E-state index in [1.807, 2.05) is 14.1 Å². The Hall–Kier alpha value is -1.98. The van der Waals surface area contributed by atoms with Crippen molar-refractivity contribution in [1.82, 2.24) is 10.2 Å². The summed E-state index contributed by atoms with van der Waals surface area (Å²) in [7, 11) is 3.62. The van der Waals surface area contributed by atoms with Crippen LogP contribution in [0.5, 0.6) is 0 Å². The van der Waals surface area contributed by atoms with Crippen LogP contribution in [0.4, 0.5) is 5.82 Å². The van der Waals surface area contributed by atoms with Gasteiger partial charge in [-0.25, -0.2) is 0 Å². The van der Waals surface area contributed by atoms with Crippen LogP contribution in [0, 0.1) is 5.41 Å². The molecule has 0 aliphatic carbocycles. The number of Topliss-reactive ketones (excluding diaryl/α,β-unsaturated/α-hetero) is 1. The largest absolute Gasteiger partial charge is 0.480 e. The molecule has 0 aromatic carbocycles. The summed E-state index contributed by atoms with van der Waals surface area (Å²) in [6.07, 6.45) is 0.462. The lowest BCUT2D eigenvalue weighted by atomic mass is 9.77. The average molecular weight is 265 g/mol. The number of anilines is 1. The highest BCUT2D eigenvalue weighted by Gasteiger charge is 2.43. The molecule has 1 heterocycles. The van der Waals surface area contributed by atoms with E-state index in [9.17, 15) is 14.7 Å². The highest BCUT2D eigenvalue weighted by molar-refractivity contribution is 6.11. The lowest BCUT2D eigenvalue weighted by Gasteiger charge is -2.24. The van der Waals surface area contributed by atoms with Crippen molar-refractivity contribution in [1.29, 1.82) is 0 Å². The molecule has 0 spiro atoms. The maximum Gasteiger partial charge on any atom is 0.317 e. The van der Waals surface area contributed by atoms with Gasteiger partial charge in [0.2, 0.25) is 0 Å². The molecule has 1 aromatic rings. The van der Waals surface area contributed by atoms with Gasteiger partial charge < -0.3 is 10.0 Å². The Morgan fingerprint density at radius 2 is 1.79 bits per heavy atom. The molecule has 19 heavy (non-hydrogen) atoms. The van der Waals surface area contributed by atoms with E-state index in [0.29, 0.717) is 5.82 Å². The number of rotatable bonds is 6. The standard InChI is InChI=1S/C13H19N3O3/c1-5-13(6-2,12(18)19)11(17)9-7-8-10(15-14-9)16(3)4/h7-8H,5-6H2,1-4H3,(H,18,19). The fourth-order valence-corrected chi connectivity index (χ4v) is 1.90. The van der Waals surface area contributed by atoms with E-state index in [1.165, 1.54) is 6.07 Å². The van der Waals surface area contributed by atoms with E-state index in [1.54, 1.807) is 24.8 Å². The van der Waals surface area contributed by atoms with Crippen molar-refractivity contribution >= 4 is 17.6 Å². The highest BCUT2D eigenvalue weighted by atomic mass is 16.4. The number of carboxylic acids is 1. The predicted octanol–water partition coefficient (Wildman–Crippen LogP) is 1.62. The minimum Gasteiger partial charge on any atom is -0.480 e. The number of ketones is 1. The summed E-state index contributed by atoms with van der Waals surface area (Å²) < 4.78 is 0. The lowest BCUT2D eigenvalue weighted by Crippen LogP contribution is -2.39. The maximum atomic E-state index is 12.4. The third-order valence-electron chi connectivity index (χ3n) is 3.39. The van der Waals surface area contributed by atoms with Crippen molar-refractivity contribution in [3.8, 4) is 0 Å². The summed E-state index contributed by atoms with van der Waals surface area (Å²) in [5, 5.41) is 17.1. The summed E-state index contributed by atoms with van der Waals surface area (Å²) in [5.41, 5.74) is -1.31. The van der Waals surface area contributed by atoms with Crippen molar-refractivity contribution in [2.45, 2.75) is 26.7 Å². The third kappa shape index (κ3) is 2.72. The number of carbonyl (C=O) groups is 2. The fraction of sp³-hybridized carbons (Fsp3) is 0.538. The Morgan fingerprint density at radius 1 is 1.21 bits per heavy atom. The van der Waals surface area contributed by atoms with Crippen LogP contribution in [0.1, 0.15) is 37.2 Å². The van der Waals surface area contributed by atoms with Gasteiger partial charge in [0.25, 0.3) is 0 Å². The van der Waals surface area contributed by atoms with Crippen LogP contribution in [-0.2, 0) is 4.79 Å². The maximum absolute atomic E-state index is 12.4. The summed E-state index contributed by atoms with van der Waals surface area (Å²) in [5.74, 6) is -0.978. The van der Waals surface area contributed by atoms with E-state index in [0.717, 1.165) is 0 Å². The first-order chi connectivity index (χ1) is 8.89. The van der Waals surface area contributed by atoms with E-state index < -0.39 is 17.2 Å². The molecule has 104 valence electrons. The zero-order valence-corrected chi connectivity index (χ0v) is 11.7. The fourth-order valence-electron chi connectivity index (χ4n) is 1.90.